The van der Waals surface area contributed by atoms with Gasteiger partial charge in [0.25, 0.3) is 10.0 Å². The van der Waals surface area contributed by atoms with Crippen LogP contribution >= 0.6 is 23.2 Å². The third-order valence-corrected chi connectivity index (χ3v) is 7.00. The molecule has 3 aromatic rings. The summed E-state index contributed by atoms with van der Waals surface area (Å²) in [6.45, 7) is 1.32. The second-order valence-electron chi connectivity index (χ2n) is 6.66. The molecule has 0 heterocycles. The van der Waals surface area contributed by atoms with E-state index >= 15 is 0 Å². The molecule has 0 aliphatic carbocycles. The number of amides is 1. The largest absolute Gasteiger partial charge is 0.496 e. The van der Waals surface area contributed by atoms with E-state index in [1.54, 1.807) is 55.5 Å². The second-order valence-corrected chi connectivity index (χ2v) is 9.33. The molecule has 9 heteroatoms. The van der Waals surface area contributed by atoms with Crippen molar-refractivity contribution in [1.29, 1.82) is 0 Å². The molecule has 0 atom stereocenters. The number of methoxy groups -OCH3 is 1. The van der Waals surface area contributed by atoms with E-state index < -0.39 is 22.5 Å². The Balaban J connectivity index is 1.94. The maximum absolute atomic E-state index is 13.4. The summed E-state index contributed by atoms with van der Waals surface area (Å²) in [7, 11) is -2.52. The van der Waals surface area contributed by atoms with Gasteiger partial charge in [-0.25, -0.2) is 8.42 Å². The summed E-state index contributed by atoms with van der Waals surface area (Å²) in [6, 6.07) is 17.6. The average molecular weight is 479 g/mol. The average Bonchev–Trinajstić information content (AvgIpc) is 2.75. The van der Waals surface area contributed by atoms with E-state index in [-0.39, 0.29) is 9.92 Å². The Labute approximate surface area is 191 Å². The molecule has 1 amide bonds. The van der Waals surface area contributed by atoms with E-state index in [1.165, 1.54) is 25.3 Å². The van der Waals surface area contributed by atoms with Gasteiger partial charge in [0.2, 0.25) is 5.91 Å². The van der Waals surface area contributed by atoms with Gasteiger partial charge in [-0.05, 0) is 61.0 Å². The van der Waals surface area contributed by atoms with Crippen LogP contribution in [-0.2, 0) is 14.8 Å². The van der Waals surface area contributed by atoms with E-state index in [1.807, 2.05) is 0 Å². The highest BCUT2D eigenvalue weighted by molar-refractivity contribution is 7.92. The SMILES string of the molecule is COc1ccc(S(=O)(=O)N(CC(=O)Nc2ccc(Cl)c(Cl)c2)c2ccccc2)cc1C. The van der Waals surface area contributed by atoms with Crippen molar-refractivity contribution in [1.82, 2.24) is 0 Å². The number of carbonyl (C=O) groups is 1. The molecule has 0 spiro atoms. The van der Waals surface area contributed by atoms with Gasteiger partial charge in [-0.2, -0.15) is 0 Å². The predicted molar refractivity (Wildman–Crippen MR) is 124 cm³/mol. The third kappa shape index (κ3) is 5.31. The van der Waals surface area contributed by atoms with E-state index in [2.05, 4.69) is 5.32 Å². The minimum absolute atomic E-state index is 0.0528. The molecular weight excluding hydrogens is 459 g/mol. The maximum atomic E-state index is 13.4. The summed E-state index contributed by atoms with van der Waals surface area (Å²) in [5.41, 5.74) is 1.43. The van der Waals surface area contributed by atoms with Crippen LogP contribution in [0.15, 0.2) is 71.6 Å². The van der Waals surface area contributed by atoms with Gasteiger partial charge in [0.05, 0.1) is 27.7 Å². The van der Waals surface area contributed by atoms with Crippen molar-refractivity contribution in [2.45, 2.75) is 11.8 Å². The van der Waals surface area contributed by atoms with Gasteiger partial charge in [-0.1, -0.05) is 41.4 Å². The zero-order valence-electron chi connectivity index (χ0n) is 16.8. The summed E-state index contributed by atoms with van der Waals surface area (Å²) >= 11 is 11.9. The number of sulfonamides is 1. The van der Waals surface area contributed by atoms with Gasteiger partial charge >= 0.3 is 0 Å². The first-order chi connectivity index (χ1) is 14.7. The first kappa shape index (κ1) is 22.9. The summed E-state index contributed by atoms with van der Waals surface area (Å²) < 4.78 is 33.1. The lowest BCUT2D eigenvalue weighted by Gasteiger charge is -2.24. The molecule has 0 radical (unpaired) electrons. The van der Waals surface area contributed by atoms with Gasteiger partial charge in [0.15, 0.2) is 0 Å². The summed E-state index contributed by atoms with van der Waals surface area (Å²) in [6.07, 6.45) is 0. The van der Waals surface area contributed by atoms with E-state index in [0.717, 1.165) is 4.31 Å². The van der Waals surface area contributed by atoms with E-state index in [4.69, 9.17) is 27.9 Å². The fraction of sp³-hybridized carbons (Fsp3) is 0.136. The molecule has 0 fully saturated rings. The summed E-state index contributed by atoms with van der Waals surface area (Å²) in [4.78, 5) is 12.8. The number of anilines is 2. The highest BCUT2D eigenvalue weighted by Gasteiger charge is 2.27. The Kier molecular flexibility index (Phi) is 7.10. The number of aryl methyl sites for hydroxylation is 1. The second kappa shape index (κ2) is 9.60. The van der Waals surface area contributed by atoms with Crippen LogP contribution in [0.2, 0.25) is 10.0 Å². The fourth-order valence-electron chi connectivity index (χ4n) is 2.95. The quantitative estimate of drug-likeness (QED) is 0.509. The van der Waals surface area contributed by atoms with Gasteiger partial charge in [0, 0.05) is 5.69 Å². The van der Waals surface area contributed by atoms with Crippen molar-refractivity contribution in [2.24, 2.45) is 0 Å². The predicted octanol–water partition coefficient (Wildman–Crippen LogP) is 5.14. The monoisotopic (exact) mass is 478 g/mol. The minimum atomic E-state index is -4.03. The smallest absolute Gasteiger partial charge is 0.264 e. The number of rotatable bonds is 7. The normalized spacial score (nSPS) is 11.1. The van der Waals surface area contributed by atoms with Crippen molar-refractivity contribution >= 4 is 50.5 Å². The Morgan fingerprint density at radius 3 is 2.32 bits per heavy atom. The van der Waals surface area contributed by atoms with Gasteiger partial charge in [-0.15, -0.1) is 0 Å². The van der Waals surface area contributed by atoms with E-state index in [0.29, 0.717) is 27.7 Å². The van der Waals surface area contributed by atoms with Crippen molar-refractivity contribution in [3.05, 3.63) is 82.3 Å². The Morgan fingerprint density at radius 2 is 1.71 bits per heavy atom. The van der Waals surface area contributed by atoms with Gasteiger partial charge in [0.1, 0.15) is 12.3 Å². The Morgan fingerprint density at radius 1 is 1.00 bits per heavy atom. The number of nitrogens with zero attached hydrogens (tertiary/aromatic N) is 1. The van der Waals surface area contributed by atoms with Crippen molar-refractivity contribution in [3.63, 3.8) is 0 Å². The van der Waals surface area contributed by atoms with Crippen LogP contribution in [0.25, 0.3) is 0 Å². The van der Waals surface area contributed by atoms with Crippen LogP contribution in [0, 0.1) is 6.92 Å². The molecule has 0 saturated heterocycles. The molecule has 162 valence electrons. The molecular formula is C22H20Cl2N2O4S. The highest BCUT2D eigenvalue weighted by atomic mass is 35.5. The van der Waals surface area contributed by atoms with Crippen molar-refractivity contribution in [2.75, 3.05) is 23.3 Å². The van der Waals surface area contributed by atoms with Gasteiger partial charge in [-0.3, -0.25) is 9.10 Å². The first-order valence-corrected chi connectivity index (χ1v) is 11.4. The lowest BCUT2D eigenvalue weighted by Crippen LogP contribution is -2.38. The Bertz CT molecular complexity index is 1200. The fourth-order valence-corrected chi connectivity index (χ4v) is 4.76. The minimum Gasteiger partial charge on any atom is -0.496 e. The van der Waals surface area contributed by atoms with Crippen molar-refractivity contribution in [3.8, 4) is 5.75 Å². The molecule has 6 nitrogen and oxygen atoms in total. The molecule has 31 heavy (non-hydrogen) atoms. The molecule has 0 unspecified atom stereocenters. The number of benzene rings is 3. The first-order valence-electron chi connectivity index (χ1n) is 9.19. The van der Waals surface area contributed by atoms with Crippen LogP contribution < -0.4 is 14.4 Å². The van der Waals surface area contributed by atoms with Crippen LogP contribution in [-0.4, -0.2) is 28.0 Å². The number of para-hydroxylation sites is 1. The van der Waals surface area contributed by atoms with Crippen LogP contribution in [0.3, 0.4) is 0 Å². The number of nitrogens with one attached hydrogen (secondary N) is 1. The molecule has 3 aromatic carbocycles. The zero-order valence-corrected chi connectivity index (χ0v) is 19.1. The van der Waals surface area contributed by atoms with E-state index in [9.17, 15) is 13.2 Å². The Hall–Kier alpha value is -2.74. The molecule has 1 N–H and O–H groups in total. The van der Waals surface area contributed by atoms with Crippen molar-refractivity contribution < 1.29 is 17.9 Å². The van der Waals surface area contributed by atoms with Crippen LogP contribution in [0.1, 0.15) is 5.56 Å². The highest BCUT2D eigenvalue weighted by Crippen LogP contribution is 2.28. The molecule has 0 aliphatic rings. The third-order valence-electron chi connectivity index (χ3n) is 4.49. The number of ether oxygens (including phenoxy) is 1. The zero-order chi connectivity index (χ0) is 22.6. The summed E-state index contributed by atoms with van der Waals surface area (Å²) in [5.74, 6) is 0.0404. The topological polar surface area (TPSA) is 75.7 Å². The summed E-state index contributed by atoms with van der Waals surface area (Å²) in [5, 5.41) is 3.28. The van der Waals surface area contributed by atoms with Gasteiger partial charge < -0.3 is 10.1 Å². The number of hydrogen-bond acceptors (Lipinski definition) is 4. The maximum Gasteiger partial charge on any atom is 0.264 e. The molecule has 0 aromatic heterocycles. The number of carbonyl (C=O) groups excluding carboxylic acids is 1. The lowest BCUT2D eigenvalue weighted by atomic mass is 10.2. The number of hydrogen-bond donors (Lipinski definition) is 1. The number of halogens is 2. The molecule has 0 bridgehead atoms. The molecule has 0 aliphatic heterocycles. The lowest BCUT2D eigenvalue weighted by molar-refractivity contribution is -0.114. The molecule has 3 rings (SSSR count). The van der Waals surface area contributed by atoms with Crippen LogP contribution in [0.5, 0.6) is 5.75 Å². The standard InChI is InChI=1S/C22H20Cl2N2O4S/c1-15-12-18(9-11-21(15)30-2)31(28,29)26(17-6-4-3-5-7-17)14-22(27)25-16-8-10-19(23)20(24)13-16/h3-13H,14H2,1-2H3,(H,25,27). The molecule has 0 saturated carbocycles. The van der Waals surface area contributed by atoms with Crippen LogP contribution in [0.4, 0.5) is 11.4 Å².